The third kappa shape index (κ3) is 1.95. The smallest absolute Gasteiger partial charge is 0.276 e. The van der Waals surface area contributed by atoms with Gasteiger partial charge < -0.3 is 10.2 Å². The second-order valence-corrected chi connectivity index (χ2v) is 4.29. The van der Waals surface area contributed by atoms with Gasteiger partial charge in [0.05, 0.1) is 10.7 Å². The number of aromatic amines is 1. The first kappa shape index (κ1) is 11.4. The van der Waals surface area contributed by atoms with E-state index in [-0.39, 0.29) is 11.9 Å². The van der Waals surface area contributed by atoms with Crippen LogP contribution in [0.3, 0.4) is 0 Å². The van der Waals surface area contributed by atoms with E-state index >= 15 is 0 Å². The van der Waals surface area contributed by atoms with E-state index in [4.69, 9.17) is 10.2 Å². The summed E-state index contributed by atoms with van der Waals surface area (Å²) in [5.74, 6) is -0.643. The number of fused-ring (bicyclic) bond motifs is 1. The molecule has 0 radical (unpaired) electrons. The van der Waals surface area contributed by atoms with Crippen LogP contribution < -0.4 is 10.7 Å². The number of benzene rings is 1. The van der Waals surface area contributed by atoms with Gasteiger partial charge in [0.25, 0.3) is 17.7 Å². The summed E-state index contributed by atoms with van der Waals surface area (Å²) in [6.45, 7) is 4.01. The fraction of sp³-hybridized carbons (Fsp3) is 0.167. The van der Waals surface area contributed by atoms with Gasteiger partial charge in [-0.3, -0.25) is 4.98 Å². The molecule has 96 valence electrons. The monoisotopic (exact) mass is 257 g/mol. The van der Waals surface area contributed by atoms with Crippen LogP contribution in [0.5, 0.6) is 11.8 Å². The lowest BCUT2D eigenvalue weighted by Crippen LogP contribution is -2.22. The number of nitrogens with one attached hydrogen (secondary N) is 1. The van der Waals surface area contributed by atoms with Crippen molar-refractivity contribution in [3.8, 4) is 11.8 Å². The van der Waals surface area contributed by atoms with Crippen molar-refractivity contribution in [1.82, 2.24) is 9.97 Å². The maximum Gasteiger partial charge on any atom is 0.276 e. The highest BCUT2D eigenvalue weighted by Gasteiger charge is 2.10. The van der Waals surface area contributed by atoms with Gasteiger partial charge in [0.15, 0.2) is 0 Å². The van der Waals surface area contributed by atoms with Gasteiger partial charge in [0, 0.05) is 0 Å². The Bertz CT molecular complexity index is 757. The first-order valence-corrected chi connectivity index (χ1v) is 5.64. The molecule has 1 aliphatic heterocycles. The van der Waals surface area contributed by atoms with E-state index < -0.39 is 11.8 Å². The van der Waals surface area contributed by atoms with Crippen molar-refractivity contribution >= 4 is 11.9 Å². The van der Waals surface area contributed by atoms with Crippen LogP contribution in [-0.4, -0.2) is 26.1 Å². The van der Waals surface area contributed by atoms with E-state index in [9.17, 15) is 0 Å². The largest absolute Gasteiger partial charge is 0.491 e. The maximum absolute atomic E-state index is 9.16. The third-order valence-corrected chi connectivity index (χ3v) is 2.89. The standard InChI is InChI=1S/C12H11N5O2/c1-5-3-7-8(4-6(5)2)14-11(13-7)17-12-15-9(18)10(19)16-12/h3-4,18-19H,1-2H3,(H,15,16). The number of aliphatic imine (C=N–C) groups is 1. The van der Waals surface area contributed by atoms with Gasteiger partial charge in [-0.2, -0.15) is 9.98 Å². The van der Waals surface area contributed by atoms with Crippen molar-refractivity contribution in [1.29, 1.82) is 0 Å². The fourth-order valence-electron chi connectivity index (χ4n) is 1.75. The normalized spacial score (nSPS) is 12.8. The number of hydrogen-bond acceptors (Lipinski definition) is 4. The lowest BCUT2D eigenvalue weighted by Gasteiger charge is -1.94. The van der Waals surface area contributed by atoms with Crippen LogP contribution in [0.15, 0.2) is 27.1 Å². The SMILES string of the molecule is Cc1cc2c(cc1C)=NC(=Nc1nc(O)c(O)[nH]1)N=2. The lowest BCUT2D eigenvalue weighted by molar-refractivity contribution is 0.386. The van der Waals surface area contributed by atoms with Crippen molar-refractivity contribution in [3.05, 3.63) is 34.0 Å². The predicted octanol–water partition coefficient (Wildman–Crippen LogP) is 0.378. The molecule has 3 rings (SSSR count). The van der Waals surface area contributed by atoms with Gasteiger partial charge in [0.2, 0.25) is 5.95 Å². The van der Waals surface area contributed by atoms with Crippen LogP contribution in [0.25, 0.3) is 0 Å². The van der Waals surface area contributed by atoms with Crippen LogP contribution >= 0.6 is 0 Å². The molecule has 0 saturated heterocycles. The number of rotatable bonds is 1. The van der Waals surface area contributed by atoms with Gasteiger partial charge in [-0.1, -0.05) is 0 Å². The summed E-state index contributed by atoms with van der Waals surface area (Å²) >= 11 is 0. The second-order valence-electron chi connectivity index (χ2n) is 4.29. The van der Waals surface area contributed by atoms with Crippen molar-refractivity contribution in [2.75, 3.05) is 0 Å². The summed E-state index contributed by atoms with van der Waals surface area (Å²) in [6, 6.07) is 3.88. The van der Waals surface area contributed by atoms with Gasteiger partial charge in [-0.25, -0.2) is 9.98 Å². The number of aromatic hydroxyl groups is 2. The number of aromatic nitrogens is 2. The van der Waals surface area contributed by atoms with Gasteiger partial charge in [-0.15, -0.1) is 0 Å². The Morgan fingerprint density at radius 1 is 1.05 bits per heavy atom. The highest BCUT2D eigenvalue weighted by atomic mass is 16.3. The summed E-state index contributed by atoms with van der Waals surface area (Å²) in [6.07, 6.45) is 0. The first-order valence-electron chi connectivity index (χ1n) is 5.64. The molecule has 7 nitrogen and oxygen atoms in total. The Balaban J connectivity index is 2.08. The summed E-state index contributed by atoms with van der Waals surface area (Å²) in [4.78, 5) is 18.5. The van der Waals surface area contributed by atoms with E-state index in [0.29, 0.717) is 0 Å². The van der Waals surface area contributed by atoms with E-state index in [0.717, 1.165) is 21.8 Å². The average Bonchev–Trinajstić information content (AvgIpc) is 2.84. The quantitative estimate of drug-likeness (QED) is 0.687. The molecule has 1 aromatic heterocycles. The van der Waals surface area contributed by atoms with Gasteiger partial charge in [0.1, 0.15) is 0 Å². The number of guanidine groups is 1. The molecule has 7 heteroatoms. The molecule has 0 unspecified atom stereocenters. The number of H-pyrrole nitrogens is 1. The molecule has 1 aromatic carbocycles. The number of aryl methyl sites for hydroxylation is 2. The Morgan fingerprint density at radius 2 is 1.63 bits per heavy atom. The molecule has 0 bridgehead atoms. The van der Waals surface area contributed by atoms with E-state index in [1.165, 1.54) is 0 Å². The van der Waals surface area contributed by atoms with Crippen LogP contribution in [0.2, 0.25) is 0 Å². The Morgan fingerprint density at radius 3 is 2.11 bits per heavy atom. The van der Waals surface area contributed by atoms with Gasteiger partial charge >= 0.3 is 0 Å². The molecule has 2 aromatic rings. The predicted molar refractivity (Wildman–Crippen MR) is 67.2 cm³/mol. The zero-order valence-corrected chi connectivity index (χ0v) is 10.3. The van der Waals surface area contributed by atoms with E-state index in [2.05, 4.69) is 24.9 Å². The fourth-order valence-corrected chi connectivity index (χ4v) is 1.75. The minimum absolute atomic E-state index is 0.0544. The Hall–Kier alpha value is -2.70. The molecule has 0 amide bonds. The lowest BCUT2D eigenvalue weighted by atomic mass is 10.1. The van der Waals surface area contributed by atoms with Crippen LogP contribution in [0.4, 0.5) is 5.95 Å². The summed E-state index contributed by atoms with van der Waals surface area (Å²) in [5, 5.41) is 19.8. The molecule has 19 heavy (non-hydrogen) atoms. The van der Waals surface area contributed by atoms with Crippen molar-refractivity contribution in [3.63, 3.8) is 0 Å². The van der Waals surface area contributed by atoms with Crippen molar-refractivity contribution < 1.29 is 10.2 Å². The molecule has 0 saturated carbocycles. The zero-order valence-electron chi connectivity index (χ0n) is 10.3. The summed E-state index contributed by atoms with van der Waals surface area (Å²) in [7, 11) is 0. The summed E-state index contributed by atoms with van der Waals surface area (Å²) < 4.78 is 0. The molecular weight excluding hydrogens is 246 g/mol. The number of imidazole rings is 1. The Kier molecular flexibility index (Phi) is 2.34. The molecule has 3 N–H and O–H groups in total. The second kappa shape index (κ2) is 3.91. The third-order valence-electron chi connectivity index (χ3n) is 2.89. The first-order chi connectivity index (χ1) is 9.02. The average molecular weight is 257 g/mol. The molecule has 1 aliphatic rings. The van der Waals surface area contributed by atoms with Gasteiger partial charge in [-0.05, 0) is 37.1 Å². The van der Waals surface area contributed by atoms with E-state index in [1.54, 1.807) is 0 Å². The van der Waals surface area contributed by atoms with Crippen LogP contribution in [-0.2, 0) is 0 Å². The topological polar surface area (TPSA) is 106 Å². The molecular formula is C12H11N5O2. The zero-order chi connectivity index (χ0) is 13.6. The highest BCUT2D eigenvalue weighted by Crippen LogP contribution is 2.24. The molecule has 0 spiro atoms. The highest BCUT2D eigenvalue weighted by molar-refractivity contribution is 5.85. The molecule has 0 aliphatic carbocycles. The molecule has 0 atom stereocenters. The van der Waals surface area contributed by atoms with E-state index in [1.807, 2.05) is 26.0 Å². The maximum atomic E-state index is 9.16. The van der Waals surface area contributed by atoms with Crippen LogP contribution in [0.1, 0.15) is 11.1 Å². The number of hydrogen-bond donors (Lipinski definition) is 3. The Labute approximate surface area is 107 Å². The van der Waals surface area contributed by atoms with Crippen molar-refractivity contribution in [2.45, 2.75) is 13.8 Å². The molecule has 2 heterocycles. The molecule has 0 fully saturated rings. The number of nitrogens with zero attached hydrogens (tertiary/aromatic N) is 4. The minimum Gasteiger partial charge on any atom is -0.491 e. The van der Waals surface area contributed by atoms with Crippen LogP contribution in [0, 0.1) is 13.8 Å². The minimum atomic E-state index is -0.499. The summed E-state index contributed by atoms with van der Waals surface area (Å²) in [5.41, 5.74) is 2.26. The van der Waals surface area contributed by atoms with Crippen molar-refractivity contribution in [2.24, 2.45) is 15.0 Å².